The van der Waals surface area contributed by atoms with Crippen LogP contribution in [0.5, 0.6) is 0 Å². The molecule has 1 aromatic heterocycles. The van der Waals surface area contributed by atoms with Gasteiger partial charge >= 0.3 is 12.4 Å². The number of alkyl halides is 6. The minimum atomic E-state index is -4.75. The number of ether oxygens (including phenoxy) is 1. The number of nitrogens with one attached hydrogen (secondary N) is 1. The summed E-state index contributed by atoms with van der Waals surface area (Å²) in [5.74, 6) is -3.35. The number of carbonyl (C=O) groups excluding carboxylic acids is 2. The number of nitrogens with zero attached hydrogens (tertiary/aromatic N) is 2. The van der Waals surface area contributed by atoms with Gasteiger partial charge in [-0.3, -0.25) is 14.6 Å². The molecule has 1 N–H and O–H groups in total. The Balaban J connectivity index is 1.58. The Morgan fingerprint density at radius 3 is 2.27 bits per heavy atom. The first-order chi connectivity index (χ1) is 17.3. The molecule has 0 saturated carbocycles. The Morgan fingerprint density at radius 1 is 1.05 bits per heavy atom. The van der Waals surface area contributed by atoms with Gasteiger partial charge in [0.05, 0.1) is 30.4 Å². The predicted octanol–water partition coefficient (Wildman–Crippen LogP) is 4.61. The van der Waals surface area contributed by atoms with Crippen molar-refractivity contribution in [3.8, 4) is 0 Å². The lowest BCUT2D eigenvalue weighted by Gasteiger charge is -2.36. The third kappa shape index (κ3) is 5.71. The van der Waals surface area contributed by atoms with Gasteiger partial charge in [-0.2, -0.15) is 26.3 Å². The Morgan fingerprint density at radius 2 is 1.70 bits per heavy atom. The lowest BCUT2D eigenvalue weighted by atomic mass is 9.90. The van der Waals surface area contributed by atoms with E-state index in [9.17, 15) is 40.3 Å². The maximum atomic E-state index is 14.7. The second kappa shape index (κ2) is 9.92. The summed E-state index contributed by atoms with van der Waals surface area (Å²) in [7, 11) is 0. The van der Waals surface area contributed by atoms with Gasteiger partial charge in [0.25, 0.3) is 5.91 Å². The van der Waals surface area contributed by atoms with Crippen molar-refractivity contribution < 1.29 is 45.1 Å². The molecule has 1 aromatic carbocycles. The van der Waals surface area contributed by atoms with Crippen LogP contribution in [0.4, 0.5) is 30.7 Å². The first-order valence-electron chi connectivity index (χ1n) is 11.3. The molecular formula is C24H22F7N3O3. The fourth-order valence-corrected chi connectivity index (χ4v) is 4.49. The largest absolute Gasteiger partial charge is 0.416 e. The normalized spacial score (nSPS) is 21.5. The second-order valence-electron chi connectivity index (χ2n) is 9.26. The summed E-state index contributed by atoms with van der Waals surface area (Å²) in [6.07, 6.45) is -8.42. The summed E-state index contributed by atoms with van der Waals surface area (Å²) in [5.41, 5.74) is -2.90. The van der Waals surface area contributed by atoms with Crippen LogP contribution in [0.25, 0.3) is 0 Å². The Labute approximate surface area is 206 Å². The summed E-state index contributed by atoms with van der Waals surface area (Å²) >= 11 is 0. The van der Waals surface area contributed by atoms with Crippen LogP contribution in [0, 0.1) is 17.7 Å². The molecule has 0 unspecified atom stereocenters. The van der Waals surface area contributed by atoms with E-state index in [4.69, 9.17) is 4.74 Å². The van der Waals surface area contributed by atoms with Crippen molar-refractivity contribution in [3.05, 3.63) is 64.7 Å². The third-order valence-corrected chi connectivity index (χ3v) is 6.48. The summed E-state index contributed by atoms with van der Waals surface area (Å²) in [6, 6.07) is 1.20. The van der Waals surface area contributed by atoms with Crippen LogP contribution in [0.1, 0.15) is 46.6 Å². The van der Waals surface area contributed by atoms with Crippen LogP contribution in [-0.4, -0.2) is 47.5 Å². The predicted molar refractivity (Wildman–Crippen MR) is 114 cm³/mol. The van der Waals surface area contributed by atoms with Gasteiger partial charge in [0.2, 0.25) is 5.91 Å². The average Bonchev–Trinajstić information content (AvgIpc) is 3.17. The molecule has 37 heavy (non-hydrogen) atoms. The number of pyridine rings is 1. The topological polar surface area (TPSA) is 71.5 Å². The molecular weight excluding hydrogens is 511 g/mol. The number of hydrogen-bond donors (Lipinski definition) is 1. The number of amides is 2. The number of carbonyl (C=O) groups is 2. The molecule has 200 valence electrons. The molecule has 2 aromatic rings. The molecule has 0 spiro atoms. The van der Waals surface area contributed by atoms with Crippen molar-refractivity contribution in [2.75, 3.05) is 19.8 Å². The highest BCUT2D eigenvalue weighted by molar-refractivity contribution is 5.96. The molecule has 2 aliphatic rings. The van der Waals surface area contributed by atoms with Crippen LogP contribution in [-0.2, 0) is 21.9 Å². The van der Waals surface area contributed by atoms with E-state index in [1.807, 2.05) is 0 Å². The molecule has 0 bridgehead atoms. The van der Waals surface area contributed by atoms with E-state index in [0.717, 1.165) is 23.2 Å². The lowest BCUT2D eigenvalue weighted by Crippen LogP contribution is -2.50. The van der Waals surface area contributed by atoms with Gasteiger partial charge in [-0.15, -0.1) is 0 Å². The van der Waals surface area contributed by atoms with Gasteiger partial charge in [0.15, 0.2) is 0 Å². The molecule has 4 rings (SSSR count). The molecule has 2 saturated heterocycles. The standard InChI is InChI=1S/C24H22F7N3O3/c1-12-6-19(34(9-12)22(36)18-8-15(4-5-32-18)24(29,30)31)21(35)33-20(13-10-37-11-13)16-3-2-14(7-17(16)25)23(26,27)28/h2-5,7-8,12-13,19-20H,6,9-11H2,1H3,(H,33,35)/t12-,19-,20-/m1/s1. The summed E-state index contributed by atoms with van der Waals surface area (Å²) < 4.78 is 98.1. The first-order valence-corrected chi connectivity index (χ1v) is 11.3. The molecule has 0 aliphatic carbocycles. The summed E-state index contributed by atoms with van der Waals surface area (Å²) in [6.45, 7) is 2.08. The Bertz CT molecular complexity index is 1180. The highest BCUT2D eigenvalue weighted by Gasteiger charge is 2.42. The Hall–Kier alpha value is -3.22. The van der Waals surface area contributed by atoms with Crippen LogP contribution in [0.2, 0.25) is 0 Å². The second-order valence-corrected chi connectivity index (χ2v) is 9.26. The van der Waals surface area contributed by atoms with Crippen molar-refractivity contribution in [2.45, 2.75) is 37.8 Å². The zero-order valence-electron chi connectivity index (χ0n) is 19.4. The zero-order chi connectivity index (χ0) is 27.1. The average molecular weight is 533 g/mol. The maximum absolute atomic E-state index is 14.7. The van der Waals surface area contributed by atoms with Crippen molar-refractivity contribution in [3.63, 3.8) is 0 Å². The molecule has 0 radical (unpaired) electrons. The van der Waals surface area contributed by atoms with Crippen molar-refractivity contribution in [2.24, 2.45) is 11.8 Å². The smallest absolute Gasteiger partial charge is 0.381 e. The monoisotopic (exact) mass is 533 g/mol. The molecule has 6 nitrogen and oxygen atoms in total. The lowest BCUT2D eigenvalue weighted by molar-refractivity contribution is -0.138. The summed E-state index contributed by atoms with van der Waals surface area (Å²) in [5, 5.41) is 2.63. The van der Waals surface area contributed by atoms with E-state index >= 15 is 0 Å². The van der Waals surface area contributed by atoms with Gasteiger partial charge in [-0.05, 0) is 36.6 Å². The quantitative estimate of drug-likeness (QED) is 0.570. The van der Waals surface area contributed by atoms with E-state index in [2.05, 4.69) is 10.3 Å². The number of rotatable bonds is 5. The van der Waals surface area contributed by atoms with Gasteiger partial charge in [0.1, 0.15) is 17.6 Å². The number of halogens is 7. The van der Waals surface area contributed by atoms with Crippen molar-refractivity contribution in [1.29, 1.82) is 0 Å². The van der Waals surface area contributed by atoms with Crippen LogP contribution >= 0.6 is 0 Å². The first kappa shape index (κ1) is 26.8. The summed E-state index contributed by atoms with van der Waals surface area (Å²) in [4.78, 5) is 31.2. The minimum Gasteiger partial charge on any atom is -0.381 e. The van der Waals surface area contributed by atoms with Gasteiger partial charge in [-0.25, -0.2) is 4.39 Å². The molecule has 2 aliphatic heterocycles. The fraction of sp³-hybridized carbons (Fsp3) is 0.458. The van der Waals surface area contributed by atoms with Gasteiger partial charge in [-0.1, -0.05) is 13.0 Å². The van der Waals surface area contributed by atoms with Gasteiger partial charge in [0, 0.05) is 24.2 Å². The highest BCUT2D eigenvalue weighted by Crippen LogP contribution is 2.35. The van der Waals surface area contributed by atoms with E-state index in [0.29, 0.717) is 18.2 Å². The molecule has 2 fully saturated rings. The van der Waals surface area contributed by atoms with E-state index in [1.54, 1.807) is 6.92 Å². The van der Waals surface area contributed by atoms with Crippen LogP contribution in [0.15, 0.2) is 36.5 Å². The minimum absolute atomic E-state index is 0.0701. The fourth-order valence-electron chi connectivity index (χ4n) is 4.49. The van der Waals surface area contributed by atoms with E-state index < -0.39 is 64.8 Å². The number of hydrogen-bond acceptors (Lipinski definition) is 4. The van der Waals surface area contributed by atoms with Gasteiger partial charge < -0.3 is 15.0 Å². The number of benzene rings is 1. The number of aromatic nitrogens is 1. The highest BCUT2D eigenvalue weighted by atomic mass is 19.4. The zero-order valence-corrected chi connectivity index (χ0v) is 19.4. The van der Waals surface area contributed by atoms with E-state index in [-0.39, 0.29) is 37.7 Å². The molecule has 3 atom stereocenters. The molecule has 3 heterocycles. The van der Waals surface area contributed by atoms with Crippen molar-refractivity contribution >= 4 is 11.8 Å². The third-order valence-electron chi connectivity index (χ3n) is 6.48. The maximum Gasteiger partial charge on any atom is 0.416 e. The number of likely N-dealkylation sites (tertiary alicyclic amines) is 1. The van der Waals surface area contributed by atoms with Crippen molar-refractivity contribution in [1.82, 2.24) is 15.2 Å². The molecule has 2 amide bonds. The SMILES string of the molecule is C[C@@H]1C[C@H](C(=O)N[C@@H](c2ccc(C(F)(F)F)cc2F)C2COC2)N(C(=O)c2cc(C(F)(F)F)ccn2)C1. The van der Waals surface area contributed by atoms with Crippen LogP contribution < -0.4 is 5.32 Å². The van der Waals surface area contributed by atoms with E-state index in [1.165, 1.54) is 0 Å². The van der Waals surface area contributed by atoms with Crippen LogP contribution in [0.3, 0.4) is 0 Å². The molecule has 13 heteroatoms. The Kier molecular flexibility index (Phi) is 7.19.